The highest BCUT2D eigenvalue weighted by molar-refractivity contribution is 6.02. The lowest BCUT2D eigenvalue weighted by atomic mass is 9.93. The van der Waals surface area contributed by atoms with Crippen molar-refractivity contribution < 1.29 is 4.79 Å². The zero-order valence-corrected chi connectivity index (χ0v) is 9.92. The van der Waals surface area contributed by atoms with Gasteiger partial charge in [0.15, 0.2) is 5.78 Å². The largest absolute Gasteiger partial charge is 0.321 e. The molecular weight excluding hydrogens is 186 g/mol. The Morgan fingerprint density at radius 1 is 1.27 bits per heavy atom. The maximum absolute atomic E-state index is 12.0. The number of Topliss-reactive ketones (excluding diaryl/α,β-unsaturated/α-hetero) is 1. The average molecular weight is 205 g/mol. The van der Waals surface area contributed by atoms with Crippen LogP contribution in [0.25, 0.3) is 0 Å². The molecule has 0 saturated heterocycles. The Bertz CT molecular complexity index is 359. The fourth-order valence-electron chi connectivity index (χ4n) is 1.94. The van der Waals surface area contributed by atoms with Crippen LogP contribution in [0.2, 0.25) is 0 Å². The summed E-state index contributed by atoms with van der Waals surface area (Å²) < 4.78 is 0. The molecule has 0 amide bonds. The van der Waals surface area contributed by atoms with E-state index < -0.39 is 0 Å². The van der Waals surface area contributed by atoms with Crippen LogP contribution in [-0.4, -0.2) is 11.8 Å². The summed E-state index contributed by atoms with van der Waals surface area (Å²) >= 11 is 0. The summed E-state index contributed by atoms with van der Waals surface area (Å²) in [5.74, 6) is 0.0625. The van der Waals surface area contributed by atoms with Crippen LogP contribution in [0.5, 0.6) is 0 Å². The molecule has 2 heteroatoms. The minimum Gasteiger partial charge on any atom is -0.321 e. The Morgan fingerprint density at radius 2 is 1.73 bits per heavy atom. The fourth-order valence-corrected chi connectivity index (χ4v) is 1.94. The van der Waals surface area contributed by atoms with Gasteiger partial charge in [-0.2, -0.15) is 0 Å². The maximum atomic E-state index is 12.0. The lowest BCUT2D eigenvalue weighted by Crippen LogP contribution is -2.30. The summed E-state index contributed by atoms with van der Waals surface area (Å²) in [6.07, 6.45) is 0.686. The Hall–Kier alpha value is -1.15. The first kappa shape index (κ1) is 11.9. The molecule has 0 aliphatic heterocycles. The number of ketones is 1. The van der Waals surface area contributed by atoms with Crippen molar-refractivity contribution in [2.24, 2.45) is 5.73 Å². The van der Waals surface area contributed by atoms with Crippen molar-refractivity contribution in [3.8, 4) is 0 Å². The van der Waals surface area contributed by atoms with Gasteiger partial charge in [0.25, 0.3) is 0 Å². The summed E-state index contributed by atoms with van der Waals surface area (Å²) in [4.78, 5) is 12.0. The van der Waals surface area contributed by atoms with Crippen LogP contribution in [0.1, 0.15) is 40.4 Å². The zero-order valence-electron chi connectivity index (χ0n) is 9.92. The van der Waals surface area contributed by atoms with E-state index in [0.29, 0.717) is 6.42 Å². The van der Waals surface area contributed by atoms with Gasteiger partial charge in [-0.15, -0.1) is 0 Å². The van der Waals surface area contributed by atoms with Crippen LogP contribution in [0, 0.1) is 20.8 Å². The third-order valence-electron chi connectivity index (χ3n) is 2.70. The number of hydrogen-bond acceptors (Lipinski definition) is 2. The van der Waals surface area contributed by atoms with E-state index in [9.17, 15) is 4.79 Å². The second-order valence-corrected chi connectivity index (χ2v) is 4.15. The Kier molecular flexibility index (Phi) is 3.64. The first-order valence-electron chi connectivity index (χ1n) is 5.35. The van der Waals surface area contributed by atoms with E-state index in [2.05, 4.69) is 0 Å². The molecule has 0 heterocycles. The van der Waals surface area contributed by atoms with Gasteiger partial charge in [0, 0.05) is 5.56 Å². The fraction of sp³-hybridized carbons (Fsp3) is 0.462. The average Bonchev–Trinajstić information content (AvgIpc) is 2.14. The number of hydrogen-bond donors (Lipinski definition) is 1. The molecule has 1 aromatic carbocycles. The molecule has 2 nitrogen and oxygen atoms in total. The van der Waals surface area contributed by atoms with Gasteiger partial charge in [-0.05, 0) is 38.3 Å². The minimum atomic E-state index is -0.370. The minimum absolute atomic E-state index is 0.0625. The van der Waals surface area contributed by atoms with Crippen LogP contribution in [0.15, 0.2) is 12.1 Å². The van der Waals surface area contributed by atoms with E-state index in [-0.39, 0.29) is 11.8 Å². The van der Waals surface area contributed by atoms with Crippen LogP contribution in [-0.2, 0) is 0 Å². The topological polar surface area (TPSA) is 43.1 Å². The highest BCUT2D eigenvalue weighted by Gasteiger charge is 2.18. The summed E-state index contributed by atoms with van der Waals surface area (Å²) in [5.41, 5.74) is 9.82. The van der Waals surface area contributed by atoms with E-state index in [1.54, 1.807) is 0 Å². The van der Waals surface area contributed by atoms with Crippen molar-refractivity contribution in [3.05, 3.63) is 34.4 Å². The number of aryl methyl sites for hydroxylation is 3. The standard InChI is InChI=1S/C13H19NO/c1-5-11(14)13(15)12-9(3)6-8(2)7-10(12)4/h6-7,11H,5,14H2,1-4H3. The molecule has 15 heavy (non-hydrogen) atoms. The molecule has 0 radical (unpaired) electrons. The first-order valence-corrected chi connectivity index (χ1v) is 5.35. The molecule has 0 aliphatic carbocycles. The van der Waals surface area contributed by atoms with Crippen LogP contribution in [0.4, 0.5) is 0 Å². The van der Waals surface area contributed by atoms with Gasteiger partial charge in [-0.3, -0.25) is 4.79 Å². The third kappa shape index (κ3) is 2.45. The highest BCUT2D eigenvalue weighted by atomic mass is 16.1. The van der Waals surface area contributed by atoms with Crippen molar-refractivity contribution in [1.29, 1.82) is 0 Å². The Morgan fingerprint density at radius 3 is 2.13 bits per heavy atom. The van der Waals surface area contributed by atoms with E-state index in [1.165, 1.54) is 5.56 Å². The molecule has 0 fully saturated rings. The predicted octanol–water partition coefficient (Wildman–Crippen LogP) is 2.53. The Labute approximate surface area is 91.5 Å². The van der Waals surface area contributed by atoms with E-state index in [1.807, 2.05) is 39.8 Å². The second-order valence-electron chi connectivity index (χ2n) is 4.15. The van der Waals surface area contributed by atoms with Crippen LogP contribution < -0.4 is 5.73 Å². The van der Waals surface area contributed by atoms with Crippen molar-refractivity contribution >= 4 is 5.78 Å². The Balaban J connectivity index is 3.20. The summed E-state index contributed by atoms with van der Waals surface area (Å²) in [6, 6.07) is 3.69. The molecule has 1 aromatic rings. The normalized spacial score (nSPS) is 12.6. The molecule has 82 valence electrons. The number of benzene rings is 1. The van der Waals surface area contributed by atoms with Crippen molar-refractivity contribution in [1.82, 2.24) is 0 Å². The van der Waals surface area contributed by atoms with Gasteiger partial charge in [-0.1, -0.05) is 24.6 Å². The number of rotatable bonds is 3. The molecule has 1 rings (SSSR count). The molecular formula is C13H19NO. The summed E-state index contributed by atoms with van der Waals surface area (Å²) in [6.45, 7) is 7.90. The van der Waals surface area contributed by atoms with Gasteiger partial charge >= 0.3 is 0 Å². The van der Waals surface area contributed by atoms with Gasteiger partial charge in [0.1, 0.15) is 0 Å². The predicted molar refractivity (Wildman–Crippen MR) is 63.2 cm³/mol. The third-order valence-corrected chi connectivity index (χ3v) is 2.70. The number of carbonyl (C=O) groups is 1. The van der Waals surface area contributed by atoms with Gasteiger partial charge in [-0.25, -0.2) is 0 Å². The summed E-state index contributed by atoms with van der Waals surface area (Å²) in [7, 11) is 0. The van der Waals surface area contributed by atoms with E-state index >= 15 is 0 Å². The SMILES string of the molecule is CCC(N)C(=O)c1c(C)cc(C)cc1C. The first-order chi connectivity index (χ1) is 6.97. The van der Waals surface area contributed by atoms with Gasteiger partial charge in [0.2, 0.25) is 0 Å². The molecule has 1 unspecified atom stereocenters. The molecule has 0 aliphatic rings. The number of nitrogens with two attached hydrogens (primary N) is 1. The molecule has 0 aromatic heterocycles. The summed E-state index contributed by atoms with van der Waals surface area (Å²) in [5, 5.41) is 0. The van der Waals surface area contributed by atoms with Crippen LogP contribution in [0.3, 0.4) is 0 Å². The smallest absolute Gasteiger partial charge is 0.180 e. The maximum Gasteiger partial charge on any atom is 0.180 e. The quantitative estimate of drug-likeness (QED) is 0.770. The molecule has 0 spiro atoms. The lowest BCUT2D eigenvalue weighted by Gasteiger charge is -2.13. The van der Waals surface area contributed by atoms with Gasteiger partial charge in [0.05, 0.1) is 6.04 Å². The molecule has 1 atom stereocenters. The van der Waals surface area contributed by atoms with E-state index in [4.69, 9.17) is 5.73 Å². The van der Waals surface area contributed by atoms with Crippen molar-refractivity contribution in [2.75, 3.05) is 0 Å². The monoisotopic (exact) mass is 205 g/mol. The molecule has 0 saturated carbocycles. The lowest BCUT2D eigenvalue weighted by molar-refractivity contribution is 0.0958. The van der Waals surface area contributed by atoms with Crippen molar-refractivity contribution in [3.63, 3.8) is 0 Å². The zero-order chi connectivity index (χ0) is 11.6. The highest BCUT2D eigenvalue weighted by Crippen LogP contribution is 2.18. The van der Waals surface area contributed by atoms with Gasteiger partial charge < -0.3 is 5.73 Å². The van der Waals surface area contributed by atoms with Crippen LogP contribution >= 0.6 is 0 Å². The molecule has 2 N–H and O–H groups in total. The second kappa shape index (κ2) is 4.58. The van der Waals surface area contributed by atoms with E-state index in [0.717, 1.165) is 16.7 Å². The number of carbonyl (C=O) groups excluding carboxylic acids is 1. The molecule has 0 bridgehead atoms. The van der Waals surface area contributed by atoms with Crippen molar-refractivity contribution in [2.45, 2.75) is 40.2 Å².